The molecule has 3 aliphatic carbocycles. The van der Waals surface area contributed by atoms with Crippen LogP contribution in [-0.2, 0) is 9.59 Å². The molecule has 2 atom stereocenters. The lowest BCUT2D eigenvalue weighted by atomic mass is 9.55. The van der Waals surface area contributed by atoms with E-state index in [0.29, 0.717) is 15.6 Å². The van der Waals surface area contributed by atoms with Crippen LogP contribution in [0, 0.1) is 11.8 Å². The molecule has 8 heteroatoms. The van der Waals surface area contributed by atoms with Crippen molar-refractivity contribution < 1.29 is 19.2 Å². The van der Waals surface area contributed by atoms with Crippen LogP contribution < -0.4 is 0 Å². The fourth-order valence-electron chi connectivity index (χ4n) is 6.74. The molecule has 4 aromatic rings. The van der Waals surface area contributed by atoms with Crippen LogP contribution in [0.25, 0.3) is 0 Å². The molecule has 2 bridgehead atoms. The third kappa shape index (κ3) is 3.93. The Balaban J connectivity index is 1.33. The largest absolute Gasteiger partial charge is 0.292 e. The zero-order valence-electron chi connectivity index (χ0n) is 21.5. The number of amides is 3. The summed E-state index contributed by atoms with van der Waals surface area (Å²) < 4.78 is 0. The Morgan fingerprint density at radius 2 is 1.00 bits per heavy atom. The number of rotatable bonds is 5. The van der Waals surface area contributed by atoms with Crippen LogP contribution in [-0.4, -0.2) is 40.1 Å². The number of hydrazine groups is 1. The van der Waals surface area contributed by atoms with E-state index in [1.54, 1.807) is 36.4 Å². The Kier molecular flexibility index (Phi) is 6.07. The monoisotopic (exact) mass is 580 g/mol. The summed E-state index contributed by atoms with van der Waals surface area (Å²) in [6.45, 7) is -0.505. The van der Waals surface area contributed by atoms with Gasteiger partial charge in [0.25, 0.3) is 17.7 Å². The predicted molar refractivity (Wildman–Crippen MR) is 154 cm³/mol. The molecular formula is C33H22Cl2N2O4. The van der Waals surface area contributed by atoms with Crippen molar-refractivity contribution in [1.82, 2.24) is 10.0 Å². The molecule has 0 radical (unpaired) electrons. The standard InChI is InChI=1S/C33H22Cl2N2O4/c34-20-13-9-18(10-14-20)26(38)17-36(31(39)19-11-15-21(35)16-12-19)37-32(40)29-27-22-5-1-2-6-23(22)28(30(29)33(37)41)25-8-4-3-7-24(25)27/h1-16,27-30H,17H2/t27?,28?,29-,30-/m0/s1. The van der Waals surface area contributed by atoms with Gasteiger partial charge in [0.15, 0.2) is 5.78 Å². The minimum atomic E-state index is -0.691. The molecule has 0 saturated carbocycles. The molecule has 0 spiro atoms. The first kappa shape index (κ1) is 25.7. The quantitative estimate of drug-likeness (QED) is 0.210. The molecule has 0 unspecified atom stereocenters. The van der Waals surface area contributed by atoms with Crippen LogP contribution in [0.15, 0.2) is 97.1 Å². The first-order chi connectivity index (χ1) is 19.8. The van der Waals surface area contributed by atoms with Crippen molar-refractivity contribution in [3.8, 4) is 0 Å². The highest BCUT2D eigenvalue weighted by Gasteiger charge is 2.63. The van der Waals surface area contributed by atoms with Gasteiger partial charge in [0, 0.05) is 33.0 Å². The Morgan fingerprint density at radius 1 is 0.610 bits per heavy atom. The number of hydrogen-bond donors (Lipinski definition) is 0. The molecule has 4 aliphatic rings. The maximum absolute atomic E-state index is 14.3. The Morgan fingerprint density at radius 3 is 1.41 bits per heavy atom. The molecule has 1 aliphatic heterocycles. The van der Waals surface area contributed by atoms with E-state index in [1.807, 2.05) is 48.5 Å². The number of ketones is 1. The Labute approximate surface area is 246 Å². The normalized spacial score (nSPS) is 21.8. The molecule has 3 amide bonds. The van der Waals surface area contributed by atoms with E-state index in [4.69, 9.17) is 23.2 Å². The lowest BCUT2D eigenvalue weighted by Crippen LogP contribution is -2.52. The molecule has 8 rings (SSSR count). The maximum atomic E-state index is 14.3. The van der Waals surface area contributed by atoms with Gasteiger partial charge < -0.3 is 0 Å². The fourth-order valence-corrected chi connectivity index (χ4v) is 6.99. The number of hydrogen-bond acceptors (Lipinski definition) is 4. The van der Waals surface area contributed by atoms with E-state index in [-0.39, 0.29) is 17.4 Å². The van der Waals surface area contributed by atoms with Gasteiger partial charge >= 0.3 is 0 Å². The van der Waals surface area contributed by atoms with E-state index in [0.717, 1.165) is 32.3 Å². The van der Waals surface area contributed by atoms with Crippen molar-refractivity contribution >= 4 is 46.7 Å². The van der Waals surface area contributed by atoms with Crippen molar-refractivity contribution in [2.24, 2.45) is 11.8 Å². The molecule has 202 valence electrons. The summed E-state index contributed by atoms with van der Waals surface area (Å²) in [6.07, 6.45) is 0. The number of benzene rings is 4. The van der Waals surface area contributed by atoms with Gasteiger partial charge in [0.2, 0.25) is 0 Å². The fraction of sp³-hybridized carbons (Fsp3) is 0.152. The van der Waals surface area contributed by atoms with Crippen LogP contribution >= 0.6 is 23.2 Å². The summed E-state index contributed by atoms with van der Waals surface area (Å²) in [5.74, 6) is -4.10. The van der Waals surface area contributed by atoms with Gasteiger partial charge in [0.05, 0.1) is 11.8 Å². The van der Waals surface area contributed by atoms with Gasteiger partial charge in [-0.2, -0.15) is 5.01 Å². The number of nitrogens with zero attached hydrogens (tertiary/aromatic N) is 2. The van der Waals surface area contributed by atoms with Crippen molar-refractivity contribution in [2.45, 2.75) is 11.8 Å². The SMILES string of the molecule is O=C(CN(C(=O)c1ccc(Cl)cc1)N1C(=O)[C@H]2C3c4ccccc4C(c4ccccc43)[C@@H]2C1=O)c1ccc(Cl)cc1. The van der Waals surface area contributed by atoms with E-state index in [2.05, 4.69) is 0 Å². The van der Waals surface area contributed by atoms with Gasteiger partial charge in [0.1, 0.15) is 6.54 Å². The van der Waals surface area contributed by atoms with Gasteiger partial charge in [-0.3, -0.25) is 19.2 Å². The number of Topliss-reactive ketones (excluding diaryl/α,β-unsaturated/α-hetero) is 1. The lowest BCUT2D eigenvalue weighted by Gasteiger charge is -2.45. The predicted octanol–water partition coefficient (Wildman–Crippen LogP) is 6.13. The van der Waals surface area contributed by atoms with Crippen molar-refractivity contribution in [2.75, 3.05) is 6.54 Å². The molecule has 0 aromatic heterocycles. The summed E-state index contributed by atoms with van der Waals surface area (Å²) in [4.78, 5) is 56.0. The zero-order valence-corrected chi connectivity index (χ0v) is 23.0. The molecule has 0 N–H and O–H groups in total. The van der Waals surface area contributed by atoms with Crippen LogP contribution in [0.4, 0.5) is 0 Å². The second kappa shape index (κ2) is 9.68. The van der Waals surface area contributed by atoms with E-state index >= 15 is 0 Å². The minimum Gasteiger partial charge on any atom is -0.292 e. The van der Waals surface area contributed by atoms with Crippen molar-refractivity contribution in [3.05, 3.63) is 140 Å². The number of imide groups is 1. The average Bonchev–Trinajstić information content (AvgIpc) is 3.26. The molecule has 4 aromatic carbocycles. The van der Waals surface area contributed by atoms with Gasteiger partial charge in [-0.25, -0.2) is 5.01 Å². The van der Waals surface area contributed by atoms with Crippen molar-refractivity contribution in [3.63, 3.8) is 0 Å². The van der Waals surface area contributed by atoms with Gasteiger partial charge in [-0.05, 0) is 70.8 Å². The van der Waals surface area contributed by atoms with Crippen LogP contribution in [0.1, 0.15) is 54.8 Å². The summed E-state index contributed by atoms with van der Waals surface area (Å²) in [5, 5.41) is 2.81. The molecule has 41 heavy (non-hydrogen) atoms. The summed E-state index contributed by atoms with van der Waals surface area (Å²) >= 11 is 12.1. The Hall–Kier alpha value is -4.26. The molecule has 6 nitrogen and oxygen atoms in total. The molecule has 1 saturated heterocycles. The minimum absolute atomic E-state index is 0.198. The molecule has 1 heterocycles. The zero-order chi connectivity index (χ0) is 28.4. The van der Waals surface area contributed by atoms with Gasteiger partial charge in [-0.1, -0.05) is 71.7 Å². The van der Waals surface area contributed by atoms with Crippen molar-refractivity contribution in [1.29, 1.82) is 0 Å². The topological polar surface area (TPSA) is 74.8 Å². The van der Waals surface area contributed by atoms with Crippen LogP contribution in [0.5, 0.6) is 0 Å². The average molecular weight is 581 g/mol. The molecular weight excluding hydrogens is 559 g/mol. The highest BCUT2D eigenvalue weighted by molar-refractivity contribution is 6.31. The molecule has 1 fully saturated rings. The third-order valence-corrected chi connectivity index (χ3v) is 8.96. The Bertz CT molecular complexity index is 1640. The highest BCUT2D eigenvalue weighted by Crippen LogP contribution is 2.61. The van der Waals surface area contributed by atoms with E-state index < -0.39 is 41.9 Å². The number of carbonyl (C=O) groups excluding carboxylic acids is 4. The van der Waals surface area contributed by atoms with Crippen LogP contribution in [0.2, 0.25) is 10.0 Å². The summed E-state index contributed by atoms with van der Waals surface area (Å²) in [5.41, 5.74) is 4.59. The number of halogens is 2. The number of carbonyl (C=O) groups is 4. The van der Waals surface area contributed by atoms with Crippen LogP contribution in [0.3, 0.4) is 0 Å². The van der Waals surface area contributed by atoms with Gasteiger partial charge in [-0.15, -0.1) is 0 Å². The van der Waals surface area contributed by atoms with E-state index in [1.165, 1.54) is 12.1 Å². The maximum Gasteiger partial charge on any atom is 0.273 e. The lowest BCUT2D eigenvalue weighted by molar-refractivity contribution is -0.154. The summed E-state index contributed by atoms with van der Waals surface area (Å²) in [6, 6.07) is 28.2. The smallest absolute Gasteiger partial charge is 0.273 e. The second-order valence-electron chi connectivity index (χ2n) is 10.6. The highest BCUT2D eigenvalue weighted by atomic mass is 35.5. The second-order valence-corrected chi connectivity index (χ2v) is 11.4. The first-order valence-corrected chi connectivity index (χ1v) is 14.0. The third-order valence-electron chi connectivity index (χ3n) is 8.45. The van der Waals surface area contributed by atoms with E-state index in [9.17, 15) is 19.2 Å². The first-order valence-electron chi connectivity index (χ1n) is 13.3. The summed E-state index contributed by atoms with van der Waals surface area (Å²) in [7, 11) is 0.